The first-order chi connectivity index (χ1) is 8.29. The van der Waals surface area contributed by atoms with E-state index in [-0.39, 0.29) is 0 Å². The van der Waals surface area contributed by atoms with Gasteiger partial charge in [0.15, 0.2) is 0 Å². The van der Waals surface area contributed by atoms with Crippen LogP contribution in [0, 0.1) is 5.92 Å². The number of carbonyl (C=O) groups excluding carboxylic acids is 1. The van der Waals surface area contributed by atoms with Crippen LogP contribution in [0.5, 0.6) is 0 Å². The molecule has 4 heteroatoms. The molecule has 0 aromatic heterocycles. The number of hydrogen-bond donors (Lipinski definition) is 1. The van der Waals surface area contributed by atoms with E-state index in [9.17, 15) is 4.79 Å². The summed E-state index contributed by atoms with van der Waals surface area (Å²) in [6.45, 7) is 8.72. The van der Waals surface area contributed by atoms with Crippen LogP contribution in [0.15, 0.2) is 0 Å². The molecule has 1 amide bonds. The summed E-state index contributed by atoms with van der Waals surface area (Å²) in [6.07, 6.45) is 3.79. The van der Waals surface area contributed by atoms with Crippen molar-refractivity contribution in [2.45, 2.75) is 26.2 Å². The lowest BCUT2D eigenvalue weighted by atomic mass is 10.3. The summed E-state index contributed by atoms with van der Waals surface area (Å²) in [7, 11) is 0. The van der Waals surface area contributed by atoms with Gasteiger partial charge in [0, 0.05) is 26.2 Å². The minimum atomic E-state index is 0.321. The van der Waals surface area contributed by atoms with Crippen LogP contribution >= 0.6 is 0 Å². The first-order valence-electron chi connectivity index (χ1n) is 7.00. The third-order valence-corrected chi connectivity index (χ3v) is 3.70. The zero-order valence-corrected chi connectivity index (χ0v) is 11.0. The molecule has 0 unspecified atom stereocenters. The predicted molar refractivity (Wildman–Crippen MR) is 68.9 cm³/mol. The Morgan fingerprint density at radius 3 is 2.88 bits per heavy atom. The van der Waals surface area contributed by atoms with Gasteiger partial charge >= 0.3 is 0 Å². The van der Waals surface area contributed by atoms with Crippen molar-refractivity contribution in [1.82, 2.24) is 15.1 Å². The molecule has 1 saturated carbocycles. The highest BCUT2D eigenvalue weighted by Crippen LogP contribution is 2.29. The van der Waals surface area contributed by atoms with Crippen LogP contribution in [0.3, 0.4) is 0 Å². The molecule has 1 saturated heterocycles. The van der Waals surface area contributed by atoms with Gasteiger partial charge in [0.05, 0.1) is 6.54 Å². The SMILES string of the molecule is CCN(CC1CC1)C(=O)CN1CCCNCC1. The standard InChI is InChI=1S/C13H25N3O/c1-2-16(10-12-4-5-12)13(17)11-15-8-3-6-14-7-9-15/h12,14H,2-11H2,1H3. The number of hydrogen-bond acceptors (Lipinski definition) is 3. The minimum absolute atomic E-state index is 0.321. The fraction of sp³-hybridized carbons (Fsp3) is 0.923. The fourth-order valence-electron chi connectivity index (χ4n) is 2.37. The number of nitrogens with one attached hydrogen (secondary N) is 1. The summed E-state index contributed by atoms with van der Waals surface area (Å²) >= 11 is 0. The van der Waals surface area contributed by atoms with E-state index < -0.39 is 0 Å². The van der Waals surface area contributed by atoms with Gasteiger partial charge in [-0.25, -0.2) is 0 Å². The van der Waals surface area contributed by atoms with E-state index >= 15 is 0 Å². The Bertz CT molecular complexity index is 245. The molecule has 0 aromatic carbocycles. The quantitative estimate of drug-likeness (QED) is 0.760. The van der Waals surface area contributed by atoms with Gasteiger partial charge in [-0.1, -0.05) is 0 Å². The molecule has 2 fully saturated rings. The van der Waals surface area contributed by atoms with Gasteiger partial charge in [-0.3, -0.25) is 9.69 Å². The molecule has 0 radical (unpaired) electrons. The molecule has 2 aliphatic rings. The van der Waals surface area contributed by atoms with Crippen LogP contribution in [0.1, 0.15) is 26.2 Å². The van der Waals surface area contributed by atoms with E-state index in [2.05, 4.69) is 17.1 Å². The molecule has 0 bridgehead atoms. The first kappa shape index (κ1) is 12.8. The smallest absolute Gasteiger partial charge is 0.236 e. The summed E-state index contributed by atoms with van der Waals surface area (Å²) < 4.78 is 0. The van der Waals surface area contributed by atoms with Gasteiger partial charge in [-0.2, -0.15) is 0 Å². The third-order valence-electron chi connectivity index (χ3n) is 3.70. The molecule has 17 heavy (non-hydrogen) atoms. The Morgan fingerprint density at radius 1 is 1.35 bits per heavy atom. The van der Waals surface area contributed by atoms with Crippen molar-refractivity contribution in [3.63, 3.8) is 0 Å². The summed E-state index contributed by atoms with van der Waals surface area (Å²) in [6, 6.07) is 0. The van der Waals surface area contributed by atoms with E-state index in [0.29, 0.717) is 12.5 Å². The van der Waals surface area contributed by atoms with Crippen molar-refractivity contribution in [2.75, 3.05) is 45.8 Å². The minimum Gasteiger partial charge on any atom is -0.342 e. The molecule has 0 atom stereocenters. The lowest BCUT2D eigenvalue weighted by molar-refractivity contribution is -0.132. The predicted octanol–water partition coefficient (Wildman–Crippen LogP) is 0.540. The third kappa shape index (κ3) is 4.28. The number of likely N-dealkylation sites (N-methyl/N-ethyl adjacent to an activating group) is 1. The number of amides is 1. The van der Waals surface area contributed by atoms with Crippen LogP contribution in [0.2, 0.25) is 0 Å². The average Bonchev–Trinajstić information content (AvgIpc) is 3.13. The van der Waals surface area contributed by atoms with Crippen LogP contribution in [-0.2, 0) is 4.79 Å². The van der Waals surface area contributed by atoms with Crippen LogP contribution in [-0.4, -0.2) is 61.5 Å². The summed E-state index contributed by atoms with van der Waals surface area (Å²) in [4.78, 5) is 16.5. The fourth-order valence-corrected chi connectivity index (χ4v) is 2.37. The van der Waals surface area contributed by atoms with E-state index in [1.165, 1.54) is 12.8 Å². The second-order valence-corrected chi connectivity index (χ2v) is 5.26. The molecule has 1 heterocycles. The Kier molecular flexibility index (Phi) is 4.80. The maximum absolute atomic E-state index is 12.2. The first-order valence-corrected chi connectivity index (χ1v) is 7.00. The van der Waals surface area contributed by atoms with Gasteiger partial charge in [-0.05, 0) is 45.2 Å². The molecular formula is C13H25N3O. The van der Waals surface area contributed by atoms with Gasteiger partial charge in [0.2, 0.25) is 5.91 Å². The molecule has 2 rings (SSSR count). The zero-order chi connectivity index (χ0) is 12.1. The Balaban J connectivity index is 1.76. The van der Waals surface area contributed by atoms with Crippen molar-refractivity contribution in [3.05, 3.63) is 0 Å². The molecule has 98 valence electrons. The van der Waals surface area contributed by atoms with Crippen molar-refractivity contribution in [3.8, 4) is 0 Å². The Morgan fingerprint density at radius 2 is 2.18 bits per heavy atom. The zero-order valence-electron chi connectivity index (χ0n) is 11.0. The summed E-state index contributed by atoms with van der Waals surface area (Å²) in [5.41, 5.74) is 0. The van der Waals surface area contributed by atoms with Crippen LogP contribution < -0.4 is 5.32 Å². The highest BCUT2D eigenvalue weighted by Gasteiger charge is 2.26. The normalized spacial score (nSPS) is 22.2. The largest absolute Gasteiger partial charge is 0.342 e. The van der Waals surface area contributed by atoms with Gasteiger partial charge in [0.1, 0.15) is 0 Å². The monoisotopic (exact) mass is 239 g/mol. The van der Waals surface area contributed by atoms with Gasteiger partial charge < -0.3 is 10.2 Å². The maximum Gasteiger partial charge on any atom is 0.236 e. The van der Waals surface area contributed by atoms with Crippen molar-refractivity contribution >= 4 is 5.91 Å². The van der Waals surface area contributed by atoms with E-state index in [1.54, 1.807) is 0 Å². The highest BCUT2D eigenvalue weighted by atomic mass is 16.2. The lowest BCUT2D eigenvalue weighted by Crippen LogP contribution is -2.42. The van der Waals surface area contributed by atoms with Crippen molar-refractivity contribution in [2.24, 2.45) is 5.92 Å². The number of nitrogens with zero attached hydrogens (tertiary/aromatic N) is 2. The molecule has 4 nitrogen and oxygen atoms in total. The second-order valence-electron chi connectivity index (χ2n) is 5.26. The number of carbonyl (C=O) groups is 1. The second kappa shape index (κ2) is 6.36. The molecule has 1 aliphatic carbocycles. The van der Waals surface area contributed by atoms with Gasteiger partial charge in [-0.15, -0.1) is 0 Å². The maximum atomic E-state index is 12.2. The topological polar surface area (TPSA) is 35.6 Å². The highest BCUT2D eigenvalue weighted by molar-refractivity contribution is 5.78. The molecule has 0 aromatic rings. The lowest BCUT2D eigenvalue weighted by Gasteiger charge is -2.25. The average molecular weight is 239 g/mol. The van der Waals surface area contributed by atoms with E-state index in [0.717, 1.165) is 51.6 Å². The number of rotatable bonds is 5. The van der Waals surface area contributed by atoms with Crippen LogP contribution in [0.25, 0.3) is 0 Å². The Labute approximate surface area is 104 Å². The van der Waals surface area contributed by atoms with Crippen LogP contribution in [0.4, 0.5) is 0 Å². The molecule has 1 aliphatic heterocycles. The van der Waals surface area contributed by atoms with Crippen molar-refractivity contribution in [1.29, 1.82) is 0 Å². The van der Waals surface area contributed by atoms with E-state index in [1.807, 2.05) is 4.90 Å². The molecule has 1 N–H and O–H groups in total. The molecular weight excluding hydrogens is 214 g/mol. The summed E-state index contributed by atoms with van der Waals surface area (Å²) in [5, 5.41) is 3.37. The summed E-state index contributed by atoms with van der Waals surface area (Å²) in [5.74, 6) is 1.12. The molecule has 0 spiro atoms. The van der Waals surface area contributed by atoms with Crippen molar-refractivity contribution < 1.29 is 4.79 Å². The Hall–Kier alpha value is -0.610. The van der Waals surface area contributed by atoms with Gasteiger partial charge in [0.25, 0.3) is 0 Å². The van der Waals surface area contributed by atoms with E-state index in [4.69, 9.17) is 0 Å².